The van der Waals surface area contributed by atoms with Gasteiger partial charge < -0.3 is 4.90 Å². The number of aryl methyl sites for hydroxylation is 2. The highest BCUT2D eigenvalue weighted by Gasteiger charge is 2.27. The van der Waals surface area contributed by atoms with E-state index in [-0.39, 0.29) is 5.91 Å². The lowest BCUT2D eigenvalue weighted by Gasteiger charge is -2.27. The van der Waals surface area contributed by atoms with Gasteiger partial charge in [-0.15, -0.1) is 22.9 Å². The van der Waals surface area contributed by atoms with Crippen molar-refractivity contribution in [2.45, 2.75) is 45.6 Å². The summed E-state index contributed by atoms with van der Waals surface area (Å²) in [5, 5.41) is 0. The Kier molecular flexibility index (Phi) is 4.68. The maximum Gasteiger partial charge on any atom is 0.264 e. The van der Waals surface area contributed by atoms with Gasteiger partial charge in [-0.05, 0) is 38.3 Å². The van der Waals surface area contributed by atoms with Crippen LogP contribution in [-0.2, 0) is 0 Å². The van der Waals surface area contributed by atoms with Crippen LogP contribution in [0.3, 0.4) is 0 Å². The van der Waals surface area contributed by atoms with Gasteiger partial charge in [0.2, 0.25) is 0 Å². The lowest BCUT2D eigenvalue weighted by Crippen LogP contribution is -2.39. The van der Waals surface area contributed by atoms with Gasteiger partial charge in [0, 0.05) is 23.3 Å². The molecule has 1 amide bonds. The van der Waals surface area contributed by atoms with Crippen molar-refractivity contribution in [2.75, 3.05) is 12.4 Å². The Morgan fingerprint density at radius 2 is 2.11 bits per heavy atom. The van der Waals surface area contributed by atoms with Gasteiger partial charge in [-0.25, -0.2) is 0 Å². The molecule has 0 bridgehead atoms. The summed E-state index contributed by atoms with van der Waals surface area (Å²) in [6, 6.07) is 2.41. The van der Waals surface area contributed by atoms with Gasteiger partial charge in [-0.1, -0.05) is 12.8 Å². The molecule has 0 saturated heterocycles. The molecule has 0 atom stereocenters. The van der Waals surface area contributed by atoms with Crippen molar-refractivity contribution in [1.82, 2.24) is 4.90 Å². The van der Waals surface area contributed by atoms with E-state index in [2.05, 4.69) is 13.8 Å². The molecule has 0 aliphatic heterocycles. The molecule has 0 spiro atoms. The van der Waals surface area contributed by atoms with Crippen LogP contribution in [-0.4, -0.2) is 29.3 Å². The van der Waals surface area contributed by atoms with E-state index in [9.17, 15) is 4.79 Å². The van der Waals surface area contributed by atoms with E-state index in [1.165, 1.54) is 23.3 Å². The quantitative estimate of drug-likeness (QED) is 0.766. The number of carbonyl (C=O) groups excluding carboxylic acids is 1. The van der Waals surface area contributed by atoms with Gasteiger partial charge in [0.1, 0.15) is 0 Å². The largest absolute Gasteiger partial charge is 0.334 e. The molecule has 1 fully saturated rings. The maximum atomic E-state index is 12.6. The summed E-state index contributed by atoms with van der Waals surface area (Å²) < 4.78 is 0. The van der Waals surface area contributed by atoms with Crippen LogP contribution in [0.15, 0.2) is 6.07 Å². The molecule has 0 aromatic carbocycles. The predicted molar refractivity (Wildman–Crippen MR) is 77.8 cm³/mol. The normalized spacial score (nSPS) is 16.2. The molecule has 1 heterocycles. The molecule has 4 heteroatoms. The van der Waals surface area contributed by atoms with E-state index in [0.717, 1.165) is 17.7 Å². The molecule has 0 N–H and O–H groups in total. The van der Waals surface area contributed by atoms with E-state index >= 15 is 0 Å². The number of nitrogens with zero attached hydrogens (tertiary/aromatic N) is 1. The van der Waals surface area contributed by atoms with Crippen LogP contribution in [0.4, 0.5) is 0 Å². The van der Waals surface area contributed by atoms with Crippen LogP contribution in [0.1, 0.15) is 45.8 Å². The van der Waals surface area contributed by atoms with Gasteiger partial charge in [-0.3, -0.25) is 4.79 Å². The topological polar surface area (TPSA) is 20.3 Å². The molecule has 1 aromatic rings. The maximum absolute atomic E-state index is 12.6. The molecular weight excluding hydrogens is 266 g/mol. The first kappa shape index (κ1) is 13.9. The predicted octanol–water partition coefficient (Wildman–Crippen LogP) is 3.99. The average Bonchev–Trinajstić information content (AvgIpc) is 2.97. The lowest BCUT2D eigenvalue weighted by atomic mass is 10.2. The fourth-order valence-electron chi connectivity index (χ4n) is 2.58. The monoisotopic (exact) mass is 285 g/mol. The number of hydrogen-bond donors (Lipinski definition) is 0. The third-order valence-corrected chi connectivity index (χ3v) is 5.04. The summed E-state index contributed by atoms with van der Waals surface area (Å²) in [7, 11) is 0. The van der Waals surface area contributed by atoms with Crippen LogP contribution < -0.4 is 0 Å². The zero-order valence-electron chi connectivity index (χ0n) is 11.0. The molecule has 100 valence electrons. The Morgan fingerprint density at radius 3 is 2.61 bits per heavy atom. The highest BCUT2D eigenvalue weighted by Crippen LogP contribution is 2.28. The van der Waals surface area contributed by atoms with Crippen LogP contribution in [0.2, 0.25) is 0 Å². The summed E-state index contributed by atoms with van der Waals surface area (Å²) >= 11 is 7.45. The zero-order valence-corrected chi connectivity index (χ0v) is 12.6. The molecule has 2 nitrogen and oxygen atoms in total. The molecule has 2 rings (SSSR count). The third-order valence-electron chi connectivity index (χ3n) is 3.73. The Morgan fingerprint density at radius 1 is 1.44 bits per heavy atom. The number of halogens is 1. The number of rotatable bonds is 4. The molecule has 1 saturated carbocycles. The summed E-state index contributed by atoms with van der Waals surface area (Å²) in [4.78, 5) is 16.7. The lowest BCUT2D eigenvalue weighted by molar-refractivity contribution is 0.0700. The average molecular weight is 286 g/mol. The van der Waals surface area contributed by atoms with Crippen LogP contribution >= 0.6 is 22.9 Å². The van der Waals surface area contributed by atoms with Crippen LogP contribution in [0.5, 0.6) is 0 Å². The van der Waals surface area contributed by atoms with Gasteiger partial charge >= 0.3 is 0 Å². The van der Waals surface area contributed by atoms with Gasteiger partial charge in [0.05, 0.1) is 4.88 Å². The van der Waals surface area contributed by atoms with Crippen LogP contribution in [0, 0.1) is 13.8 Å². The molecule has 18 heavy (non-hydrogen) atoms. The van der Waals surface area contributed by atoms with Gasteiger partial charge in [0.15, 0.2) is 0 Å². The second kappa shape index (κ2) is 6.07. The Hall–Kier alpha value is -0.540. The number of alkyl halides is 1. The Bertz CT molecular complexity index is 404. The van der Waals surface area contributed by atoms with Crippen molar-refractivity contribution in [3.05, 3.63) is 21.4 Å². The highest BCUT2D eigenvalue weighted by molar-refractivity contribution is 7.14. The summed E-state index contributed by atoms with van der Waals surface area (Å²) in [6.07, 6.45) is 4.73. The van der Waals surface area contributed by atoms with Crippen molar-refractivity contribution in [1.29, 1.82) is 0 Å². The van der Waals surface area contributed by atoms with Gasteiger partial charge in [0.25, 0.3) is 5.91 Å². The first-order valence-corrected chi connectivity index (χ1v) is 7.92. The molecule has 1 aliphatic rings. The minimum absolute atomic E-state index is 0.170. The minimum Gasteiger partial charge on any atom is -0.334 e. The Labute approximate surface area is 118 Å². The molecular formula is C14H20ClNOS. The van der Waals surface area contributed by atoms with Gasteiger partial charge in [-0.2, -0.15) is 0 Å². The number of hydrogen-bond acceptors (Lipinski definition) is 2. The molecule has 0 radical (unpaired) electrons. The Balaban J connectivity index is 2.16. The van der Waals surface area contributed by atoms with E-state index in [1.807, 2.05) is 11.0 Å². The van der Waals surface area contributed by atoms with Crippen molar-refractivity contribution < 1.29 is 4.79 Å². The van der Waals surface area contributed by atoms with Crippen molar-refractivity contribution >= 4 is 28.8 Å². The molecule has 0 unspecified atom stereocenters. The SMILES string of the molecule is Cc1cc(C(=O)N(CCCl)C2CCCC2)sc1C. The molecule has 1 aromatic heterocycles. The fourth-order valence-corrected chi connectivity index (χ4v) is 3.75. The minimum atomic E-state index is 0.170. The standard InChI is InChI=1S/C14H20ClNOS/c1-10-9-13(18-11(10)2)14(17)16(8-7-15)12-5-3-4-6-12/h9,12H,3-8H2,1-2H3. The second-order valence-electron chi connectivity index (χ2n) is 4.98. The second-order valence-corrected chi connectivity index (χ2v) is 6.61. The van der Waals surface area contributed by atoms with E-state index in [4.69, 9.17) is 11.6 Å². The summed E-state index contributed by atoms with van der Waals surface area (Å²) in [6.45, 7) is 4.79. The van der Waals surface area contributed by atoms with E-state index < -0.39 is 0 Å². The number of amides is 1. The van der Waals surface area contributed by atoms with Crippen molar-refractivity contribution in [3.63, 3.8) is 0 Å². The smallest absolute Gasteiger partial charge is 0.264 e. The van der Waals surface area contributed by atoms with E-state index in [0.29, 0.717) is 18.5 Å². The summed E-state index contributed by atoms with van der Waals surface area (Å²) in [5.74, 6) is 0.690. The van der Waals surface area contributed by atoms with Crippen LogP contribution in [0.25, 0.3) is 0 Å². The van der Waals surface area contributed by atoms with Crippen molar-refractivity contribution in [3.8, 4) is 0 Å². The third kappa shape index (κ3) is 2.89. The van der Waals surface area contributed by atoms with E-state index in [1.54, 1.807) is 11.3 Å². The number of carbonyl (C=O) groups is 1. The van der Waals surface area contributed by atoms with Crippen molar-refractivity contribution in [2.24, 2.45) is 0 Å². The summed E-state index contributed by atoms with van der Waals surface area (Å²) in [5.41, 5.74) is 1.21. The first-order chi connectivity index (χ1) is 8.63. The first-order valence-electron chi connectivity index (χ1n) is 6.57. The zero-order chi connectivity index (χ0) is 13.1. The number of thiophene rings is 1. The molecule has 1 aliphatic carbocycles. The highest BCUT2D eigenvalue weighted by atomic mass is 35.5. The fraction of sp³-hybridized carbons (Fsp3) is 0.643.